The fraction of sp³-hybridized carbons (Fsp3) is 0.647. The Kier molecular flexibility index (Phi) is 4.71. The summed E-state index contributed by atoms with van der Waals surface area (Å²) in [6.07, 6.45) is 3.97. The summed E-state index contributed by atoms with van der Waals surface area (Å²) in [5.74, 6) is 0.723. The first-order chi connectivity index (χ1) is 9.83. The summed E-state index contributed by atoms with van der Waals surface area (Å²) in [5.41, 5.74) is 2.71. The van der Waals surface area contributed by atoms with Crippen molar-refractivity contribution in [2.75, 3.05) is 19.8 Å². The molecule has 0 aromatic heterocycles. The molecule has 110 valence electrons. The quantitative estimate of drug-likeness (QED) is 0.883. The van der Waals surface area contributed by atoms with E-state index in [1.54, 1.807) is 0 Å². The molecule has 1 aromatic rings. The second-order valence-corrected chi connectivity index (χ2v) is 6.20. The number of hydrogen-bond donors (Lipinski definition) is 2. The van der Waals surface area contributed by atoms with Crippen LogP contribution in [0.1, 0.15) is 30.4 Å². The third-order valence-electron chi connectivity index (χ3n) is 4.73. The van der Waals surface area contributed by atoms with Gasteiger partial charge in [0.1, 0.15) is 0 Å². The van der Waals surface area contributed by atoms with Crippen LogP contribution in [0.15, 0.2) is 24.3 Å². The van der Waals surface area contributed by atoms with Crippen molar-refractivity contribution in [1.82, 2.24) is 10.6 Å². The molecule has 3 unspecified atom stereocenters. The van der Waals surface area contributed by atoms with E-state index in [2.05, 4.69) is 41.8 Å². The predicted octanol–water partition coefficient (Wildman–Crippen LogP) is 2.24. The van der Waals surface area contributed by atoms with E-state index in [9.17, 15) is 0 Å². The standard InChI is InChI=1S/C17H26N2O/c1-13-5-7-14(8-6-13)11-19-16-4-2-3-15(16)17-12-20-10-9-18-17/h5-8,15-19H,2-4,9-12H2,1H3. The molecule has 3 heteroatoms. The van der Waals surface area contributed by atoms with Crippen molar-refractivity contribution < 1.29 is 4.74 Å². The average Bonchev–Trinajstić information content (AvgIpc) is 2.96. The van der Waals surface area contributed by atoms with Gasteiger partial charge in [-0.1, -0.05) is 36.2 Å². The highest BCUT2D eigenvalue weighted by atomic mass is 16.5. The summed E-state index contributed by atoms with van der Waals surface area (Å²) in [5, 5.41) is 7.40. The molecule has 2 N–H and O–H groups in total. The van der Waals surface area contributed by atoms with Gasteiger partial charge in [-0.05, 0) is 31.2 Å². The van der Waals surface area contributed by atoms with E-state index in [1.165, 1.54) is 30.4 Å². The Morgan fingerprint density at radius 1 is 1.25 bits per heavy atom. The van der Waals surface area contributed by atoms with Crippen molar-refractivity contribution in [3.05, 3.63) is 35.4 Å². The van der Waals surface area contributed by atoms with Gasteiger partial charge in [-0.25, -0.2) is 0 Å². The van der Waals surface area contributed by atoms with Crippen molar-refractivity contribution in [2.45, 2.75) is 44.8 Å². The van der Waals surface area contributed by atoms with Gasteiger partial charge in [-0.2, -0.15) is 0 Å². The topological polar surface area (TPSA) is 33.3 Å². The number of benzene rings is 1. The Morgan fingerprint density at radius 3 is 2.85 bits per heavy atom. The van der Waals surface area contributed by atoms with Gasteiger partial charge in [-0.15, -0.1) is 0 Å². The zero-order chi connectivity index (χ0) is 13.8. The fourth-order valence-corrected chi connectivity index (χ4v) is 3.54. The molecular formula is C17H26N2O. The van der Waals surface area contributed by atoms with Gasteiger partial charge in [0.25, 0.3) is 0 Å². The lowest BCUT2D eigenvalue weighted by Crippen LogP contribution is -2.50. The molecule has 1 saturated heterocycles. The molecule has 0 spiro atoms. The zero-order valence-electron chi connectivity index (χ0n) is 12.4. The SMILES string of the molecule is Cc1ccc(CNC2CCCC2C2COCCN2)cc1. The minimum absolute atomic E-state index is 0.543. The lowest BCUT2D eigenvalue weighted by Gasteiger charge is -2.33. The van der Waals surface area contributed by atoms with Crippen LogP contribution in [-0.2, 0) is 11.3 Å². The average molecular weight is 274 g/mol. The highest BCUT2D eigenvalue weighted by molar-refractivity contribution is 5.21. The molecule has 0 amide bonds. The number of rotatable bonds is 4. The maximum atomic E-state index is 5.63. The fourth-order valence-electron chi connectivity index (χ4n) is 3.54. The van der Waals surface area contributed by atoms with Crippen LogP contribution >= 0.6 is 0 Å². The summed E-state index contributed by atoms with van der Waals surface area (Å²) in [4.78, 5) is 0. The molecule has 20 heavy (non-hydrogen) atoms. The van der Waals surface area contributed by atoms with Crippen LogP contribution in [0.3, 0.4) is 0 Å². The molecular weight excluding hydrogens is 248 g/mol. The molecule has 0 bridgehead atoms. The summed E-state index contributed by atoms with van der Waals surface area (Å²) < 4.78 is 5.63. The molecule has 2 aliphatic rings. The lowest BCUT2D eigenvalue weighted by molar-refractivity contribution is 0.0524. The maximum absolute atomic E-state index is 5.63. The van der Waals surface area contributed by atoms with Crippen molar-refractivity contribution in [3.8, 4) is 0 Å². The second kappa shape index (κ2) is 6.70. The number of morpholine rings is 1. The van der Waals surface area contributed by atoms with Crippen molar-refractivity contribution in [2.24, 2.45) is 5.92 Å². The highest BCUT2D eigenvalue weighted by Gasteiger charge is 2.34. The Morgan fingerprint density at radius 2 is 2.10 bits per heavy atom. The maximum Gasteiger partial charge on any atom is 0.0623 e. The van der Waals surface area contributed by atoms with Gasteiger partial charge in [0.15, 0.2) is 0 Å². The monoisotopic (exact) mass is 274 g/mol. The molecule has 1 aromatic carbocycles. The van der Waals surface area contributed by atoms with Crippen LogP contribution in [-0.4, -0.2) is 31.8 Å². The third-order valence-corrected chi connectivity index (χ3v) is 4.73. The molecule has 0 radical (unpaired) electrons. The molecule has 2 fully saturated rings. The molecule has 1 saturated carbocycles. The van der Waals surface area contributed by atoms with E-state index >= 15 is 0 Å². The zero-order valence-corrected chi connectivity index (χ0v) is 12.4. The minimum atomic E-state index is 0.543. The summed E-state index contributed by atoms with van der Waals surface area (Å²) in [6, 6.07) is 10.0. The Labute approximate surface area is 122 Å². The number of ether oxygens (including phenoxy) is 1. The van der Waals surface area contributed by atoms with Gasteiger partial charge < -0.3 is 15.4 Å². The van der Waals surface area contributed by atoms with Crippen molar-refractivity contribution in [3.63, 3.8) is 0 Å². The number of aryl methyl sites for hydroxylation is 1. The highest BCUT2D eigenvalue weighted by Crippen LogP contribution is 2.29. The summed E-state index contributed by atoms with van der Waals surface area (Å²) in [6.45, 7) is 5.87. The van der Waals surface area contributed by atoms with Crippen molar-refractivity contribution >= 4 is 0 Å². The van der Waals surface area contributed by atoms with Gasteiger partial charge in [0.2, 0.25) is 0 Å². The molecule has 3 rings (SSSR count). The van der Waals surface area contributed by atoms with Crippen LogP contribution < -0.4 is 10.6 Å². The first-order valence-electron chi connectivity index (χ1n) is 7.93. The largest absolute Gasteiger partial charge is 0.379 e. The minimum Gasteiger partial charge on any atom is -0.379 e. The van der Waals surface area contributed by atoms with Gasteiger partial charge in [-0.3, -0.25) is 0 Å². The van der Waals surface area contributed by atoms with E-state index < -0.39 is 0 Å². The third kappa shape index (κ3) is 3.40. The van der Waals surface area contributed by atoms with Crippen LogP contribution in [0.2, 0.25) is 0 Å². The van der Waals surface area contributed by atoms with Crippen LogP contribution in [0.4, 0.5) is 0 Å². The normalized spacial score (nSPS) is 30.6. The first kappa shape index (κ1) is 14.1. The van der Waals surface area contributed by atoms with Gasteiger partial charge >= 0.3 is 0 Å². The van der Waals surface area contributed by atoms with Gasteiger partial charge in [0, 0.05) is 25.2 Å². The summed E-state index contributed by atoms with van der Waals surface area (Å²) >= 11 is 0. The predicted molar refractivity (Wildman–Crippen MR) is 81.8 cm³/mol. The molecule has 3 atom stereocenters. The lowest BCUT2D eigenvalue weighted by atomic mass is 9.94. The van der Waals surface area contributed by atoms with E-state index in [1.807, 2.05) is 0 Å². The van der Waals surface area contributed by atoms with Crippen LogP contribution in [0.25, 0.3) is 0 Å². The van der Waals surface area contributed by atoms with Gasteiger partial charge in [0.05, 0.1) is 13.2 Å². The summed E-state index contributed by atoms with van der Waals surface area (Å²) in [7, 11) is 0. The van der Waals surface area contributed by atoms with Crippen molar-refractivity contribution in [1.29, 1.82) is 0 Å². The van der Waals surface area contributed by atoms with Crippen LogP contribution in [0, 0.1) is 12.8 Å². The van der Waals surface area contributed by atoms with E-state index in [4.69, 9.17) is 4.74 Å². The number of nitrogens with one attached hydrogen (secondary N) is 2. The first-order valence-corrected chi connectivity index (χ1v) is 7.93. The van der Waals surface area contributed by atoms with E-state index in [-0.39, 0.29) is 0 Å². The molecule has 3 nitrogen and oxygen atoms in total. The molecule has 1 aliphatic carbocycles. The second-order valence-electron chi connectivity index (χ2n) is 6.20. The number of hydrogen-bond acceptors (Lipinski definition) is 3. The smallest absolute Gasteiger partial charge is 0.0623 e. The van der Waals surface area contributed by atoms with Crippen LogP contribution in [0.5, 0.6) is 0 Å². The molecule has 1 aliphatic heterocycles. The Balaban J connectivity index is 1.54. The Bertz CT molecular complexity index is 412. The molecule has 1 heterocycles. The van der Waals surface area contributed by atoms with E-state index in [0.29, 0.717) is 12.1 Å². The van der Waals surface area contributed by atoms with E-state index in [0.717, 1.165) is 32.2 Å². The Hall–Kier alpha value is -0.900.